The van der Waals surface area contributed by atoms with Crippen LogP contribution < -0.4 is 9.47 Å². The number of hydrogen-bond acceptors (Lipinski definition) is 6. The summed E-state index contributed by atoms with van der Waals surface area (Å²) in [6, 6.07) is 12.0. The summed E-state index contributed by atoms with van der Waals surface area (Å²) in [4.78, 5) is 5.17. The fourth-order valence-corrected chi connectivity index (χ4v) is 5.41. The zero-order valence-corrected chi connectivity index (χ0v) is 19.7. The van der Waals surface area contributed by atoms with Crippen LogP contribution in [0.2, 0.25) is 0 Å². The SMILES string of the molecule is COc1ccc(-c2cc3c(CN4CCC(N5CCCCC5)CC4)c(O)ccc3o2)c(OC)c1. The molecule has 6 nitrogen and oxygen atoms in total. The molecular formula is C27H34N2O4. The number of phenols is 1. The highest BCUT2D eigenvalue weighted by atomic mass is 16.5. The molecule has 3 aromatic rings. The number of aromatic hydroxyl groups is 1. The van der Waals surface area contributed by atoms with E-state index in [0.717, 1.165) is 53.2 Å². The van der Waals surface area contributed by atoms with Gasteiger partial charge in [-0.1, -0.05) is 6.42 Å². The van der Waals surface area contributed by atoms with Crippen LogP contribution in [0.4, 0.5) is 0 Å². The molecule has 1 aromatic heterocycles. The second-order valence-electron chi connectivity index (χ2n) is 9.26. The average Bonchev–Trinajstić information content (AvgIpc) is 3.30. The number of methoxy groups -OCH3 is 2. The van der Waals surface area contributed by atoms with Gasteiger partial charge >= 0.3 is 0 Å². The summed E-state index contributed by atoms with van der Waals surface area (Å²) in [6.07, 6.45) is 6.48. The Labute approximate surface area is 195 Å². The van der Waals surface area contributed by atoms with Crippen molar-refractivity contribution >= 4 is 11.0 Å². The van der Waals surface area contributed by atoms with E-state index < -0.39 is 0 Å². The van der Waals surface area contributed by atoms with E-state index in [1.165, 1.54) is 45.2 Å². The van der Waals surface area contributed by atoms with Gasteiger partial charge in [-0.15, -0.1) is 0 Å². The van der Waals surface area contributed by atoms with Crippen LogP contribution in [0.25, 0.3) is 22.3 Å². The molecule has 0 atom stereocenters. The van der Waals surface area contributed by atoms with Crippen LogP contribution in [0.3, 0.4) is 0 Å². The highest BCUT2D eigenvalue weighted by Gasteiger charge is 2.26. The van der Waals surface area contributed by atoms with Gasteiger partial charge in [-0.05, 0) is 82.2 Å². The smallest absolute Gasteiger partial charge is 0.139 e. The van der Waals surface area contributed by atoms with E-state index in [0.29, 0.717) is 17.5 Å². The van der Waals surface area contributed by atoms with Gasteiger partial charge in [-0.3, -0.25) is 4.90 Å². The maximum absolute atomic E-state index is 10.7. The second-order valence-corrected chi connectivity index (χ2v) is 9.26. The standard InChI is InChI=1S/C27H34N2O4/c1-31-20-6-7-21(26(16-20)32-2)27-17-22-23(24(30)8-9-25(22)33-27)18-28-14-10-19(11-15-28)29-12-4-3-5-13-29/h6-9,16-17,19,30H,3-5,10-15,18H2,1-2H3. The topological polar surface area (TPSA) is 58.3 Å². The van der Waals surface area contributed by atoms with Crippen molar-refractivity contribution in [2.24, 2.45) is 0 Å². The van der Waals surface area contributed by atoms with Crippen molar-refractivity contribution in [1.29, 1.82) is 0 Å². The van der Waals surface area contributed by atoms with Crippen molar-refractivity contribution in [1.82, 2.24) is 9.80 Å². The van der Waals surface area contributed by atoms with Crippen molar-refractivity contribution in [2.75, 3.05) is 40.4 Å². The Morgan fingerprint density at radius 2 is 1.73 bits per heavy atom. The number of likely N-dealkylation sites (tertiary alicyclic amines) is 2. The Bertz CT molecular complexity index is 1090. The van der Waals surface area contributed by atoms with E-state index in [4.69, 9.17) is 13.9 Å². The van der Waals surface area contributed by atoms with Crippen molar-refractivity contribution in [3.8, 4) is 28.6 Å². The monoisotopic (exact) mass is 450 g/mol. The lowest BCUT2D eigenvalue weighted by Crippen LogP contribution is -2.46. The Hall–Kier alpha value is -2.70. The Morgan fingerprint density at radius 1 is 0.939 bits per heavy atom. The van der Waals surface area contributed by atoms with Crippen molar-refractivity contribution in [3.63, 3.8) is 0 Å². The van der Waals surface area contributed by atoms with Crippen LogP contribution in [0.5, 0.6) is 17.2 Å². The first-order valence-electron chi connectivity index (χ1n) is 12.1. The summed E-state index contributed by atoms with van der Waals surface area (Å²) in [6.45, 7) is 5.38. The van der Waals surface area contributed by atoms with Crippen LogP contribution in [0, 0.1) is 0 Å². The van der Waals surface area contributed by atoms with Crippen LogP contribution in [-0.2, 0) is 6.54 Å². The third-order valence-electron chi connectivity index (χ3n) is 7.31. The molecule has 2 aromatic carbocycles. The summed E-state index contributed by atoms with van der Waals surface area (Å²) in [5, 5.41) is 11.7. The quantitative estimate of drug-likeness (QED) is 0.552. The van der Waals surface area contributed by atoms with Crippen molar-refractivity contribution in [2.45, 2.75) is 44.7 Å². The molecule has 0 unspecified atom stereocenters. The normalized spacial score (nSPS) is 18.6. The van der Waals surface area contributed by atoms with Crippen LogP contribution in [0.15, 0.2) is 40.8 Å². The lowest BCUT2D eigenvalue weighted by Gasteiger charge is -2.40. The van der Waals surface area contributed by atoms with Gasteiger partial charge in [0.1, 0.15) is 28.6 Å². The molecule has 0 bridgehead atoms. The summed E-state index contributed by atoms with van der Waals surface area (Å²) in [7, 11) is 3.28. The molecule has 33 heavy (non-hydrogen) atoms. The van der Waals surface area contributed by atoms with Gasteiger partial charge in [0, 0.05) is 29.6 Å². The van der Waals surface area contributed by atoms with E-state index in [2.05, 4.69) is 9.80 Å². The first kappa shape index (κ1) is 22.1. The predicted octanol–water partition coefficient (Wildman–Crippen LogP) is 5.27. The second kappa shape index (κ2) is 9.65. The first-order valence-corrected chi connectivity index (χ1v) is 12.1. The number of nitrogens with zero attached hydrogens (tertiary/aromatic N) is 2. The first-order chi connectivity index (χ1) is 16.2. The van der Waals surface area contributed by atoms with E-state index >= 15 is 0 Å². The molecule has 0 saturated carbocycles. The number of fused-ring (bicyclic) bond motifs is 1. The molecule has 0 radical (unpaired) electrons. The van der Waals surface area contributed by atoms with Gasteiger partial charge in [0.15, 0.2) is 0 Å². The molecule has 0 aliphatic carbocycles. The Balaban J connectivity index is 1.36. The fraction of sp³-hybridized carbons (Fsp3) is 0.481. The number of ether oxygens (including phenoxy) is 2. The zero-order chi connectivity index (χ0) is 22.8. The largest absolute Gasteiger partial charge is 0.508 e. The lowest BCUT2D eigenvalue weighted by atomic mass is 9.99. The zero-order valence-electron chi connectivity index (χ0n) is 19.7. The minimum absolute atomic E-state index is 0.328. The molecule has 5 rings (SSSR count). The molecule has 3 heterocycles. The molecule has 0 amide bonds. The van der Waals surface area contributed by atoms with Crippen LogP contribution in [0.1, 0.15) is 37.7 Å². The van der Waals surface area contributed by atoms with Gasteiger partial charge < -0.3 is 23.9 Å². The van der Waals surface area contributed by atoms with Crippen LogP contribution in [-0.4, -0.2) is 61.3 Å². The predicted molar refractivity (Wildman–Crippen MR) is 130 cm³/mol. The van der Waals surface area contributed by atoms with Gasteiger partial charge in [0.05, 0.1) is 19.8 Å². The van der Waals surface area contributed by atoms with E-state index in [1.807, 2.05) is 30.3 Å². The number of hydrogen-bond donors (Lipinski definition) is 1. The van der Waals surface area contributed by atoms with E-state index in [1.54, 1.807) is 20.3 Å². The Morgan fingerprint density at radius 3 is 2.45 bits per heavy atom. The molecule has 2 saturated heterocycles. The molecule has 2 aliphatic rings. The molecule has 2 fully saturated rings. The highest BCUT2D eigenvalue weighted by molar-refractivity contribution is 5.88. The molecule has 2 aliphatic heterocycles. The minimum Gasteiger partial charge on any atom is -0.508 e. The third-order valence-corrected chi connectivity index (χ3v) is 7.31. The maximum atomic E-state index is 10.7. The maximum Gasteiger partial charge on any atom is 0.139 e. The average molecular weight is 451 g/mol. The molecule has 1 N–H and O–H groups in total. The summed E-state index contributed by atoms with van der Waals surface area (Å²) >= 11 is 0. The van der Waals surface area contributed by atoms with Gasteiger partial charge in [-0.25, -0.2) is 0 Å². The van der Waals surface area contributed by atoms with Crippen molar-refractivity contribution in [3.05, 3.63) is 42.0 Å². The van der Waals surface area contributed by atoms with Gasteiger partial charge in [-0.2, -0.15) is 0 Å². The van der Waals surface area contributed by atoms with E-state index in [-0.39, 0.29) is 0 Å². The van der Waals surface area contributed by atoms with Crippen LogP contribution >= 0.6 is 0 Å². The number of benzene rings is 2. The number of furan rings is 1. The minimum atomic E-state index is 0.328. The summed E-state index contributed by atoms with van der Waals surface area (Å²) in [5.41, 5.74) is 2.58. The van der Waals surface area contributed by atoms with Gasteiger partial charge in [0.25, 0.3) is 0 Å². The molecule has 6 heteroatoms. The molecular weight excluding hydrogens is 416 g/mol. The molecule has 0 spiro atoms. The number of piperidine rings is 2. The van der Waals surface area contributed by atoms with Gasteiger partial charge in [0.2, 0.25) is 0 Å². The van der Waals surface area contributed by atoms with Crippen molar-refractivity contribution < 1.29 is 19.0 Å². The lowest BCUT2D eigenvalue weighted by molar-refractivity contribution is 0.0895. The Kier molecular flexibility index (Phi) is 6.47. The number of rotatable bonds is 6. The summed E-state index contributed by atoms with van der Waals surface area (Å²) < 4.78 is 17.1. The number of phenolic OH excluding ortho intramolecular Hbond substituents is 1. The third kappa shape index (κ3) is 4.55. The fourth-order valence-electron chi connectivity index (χ4n) is 5.41. The molecule has 176 valence electrons. The highest BCUT2D eigenvalue weighted by Crippen LogP contribution is 2.39. The van der Waals surface area contributed by atoms with E-state index in [9.17, 15) is 5.11 Å². The summed E-state index contributed by atoms with van der Waals surface area (Å²) in [5.74, 6) is 2.48.